The lowest BCUT2D eigenvalue weighted by Gasteiger charge is -2.26. The number of para-hydroxylation sites is 1. The van der Waals surface area contributed by atoms with E-state index in [1.54, 1.807) is 6.20 Å². The minimum Gasteiger partial charge on any atom is -0.396 e. The zero-order valence-corrected chi connectivity index (χ0v) is 11.6. The highest BCUT2D eigenvalue weighted by atomic mass is 16.3. The first kappa shape index (κ1) is 14.3. The van der Waals surface area contributed by atoms with Crippen LogP contribution < -0.4 is 10.6 Å². The number of hydrogen-bond donors (Lipinski definition) is 3. The Labute approximate surface area is 118 Å². The quantitative estimate of drug-likeness (QED) is 0.552. The predicted octanol–water partition coefficient (Wildman–Crippen LogP) is 1.73. The van der Waals surface area contributed by atoms with Crippen LogP contribution in [0.3, 0.4) is 0 Å². The molecule has 0 fully saturated rings. The molecule has 0 unspecified atom stereocenters. The molecule has 20 heavy (non-hydrogen) atoms. The smallest absolute Gasteiger partial charge is 0.126 e. The maximum Gasteiger partial charge on any atom is 0.126 e. The number of nitrogens with one attached hydrogen (secondary N) is 1. The Morgan fingerprint density at radius 1 is 1.40 bits per heavy atom. The molecule has 0 saturated heterocycles. The summed E-state index contributed by atoms with van der Waals surface area (Å²) in [6.07, 6.45) is 2.34. The molecule has 5 nitrogen and oxygen atoms in total. The fraction of sp³-hybridized carbons (Fsp3) is 0.333. The minimum absolute atomic E-state index is 0.0145. The summed E-state index contributed by atoms with van der Waals surface area (Å²) in [6, 6.07) is 7.84. The van der Waals surface area contributed by atoms with Gasteiger partial charge in [0.1, 0.15) is 5.84 Å². The second kappa shape index (κ2) is 6.34. The molecule has 0 spiro atoms. The van der Waals surface area contributed by atoms with E-state index < -0.39 is 0 Å². The summed E-state index contributed by atoms with van der Waals surface area (Å²) in [4.78, 5) is 6.50. The van der Waals surface area contributed by atoms with Crippen LogP contribution in [0.1, 0.15) is 18.9 Å². The number of aliphatic hydroxyl groups is 1. The fourth-order valence-corrected chi connectivity index (χ4v) is 2.35. The second-order valence-corrected chi connectivity index (χ2v) is 4.61. The molecule has 0 aliphatic carbocycles. The fourth-order valence-electron chi connectivity index (χ4n) is 2.35. The van der Waals surface area contributed by atoms with Crippen LogP contribution in [0.25, 0.3) is 10.9 Å². The number of pyridine rings is 1. The van der Waals surface area contributed by atoms with Crippen molar-refractivity contribution in [1.29, 1.82) is 5.41 Å². The zero-order chi connectivity index (χ0) is 14.5. The van der Waals surface area contributed by atoms with Gasteiger partial charge in [-0.3, -0.25) is 10.4 Å². The highest BCUT2D eigenvalue weighted by molar-refractivity contribution is 6.07. The highest BCUT2D eigenvalue weighted by Crippen LogP contribution is 2.29. The molecule has 2 rings (SSSR count). The first-order valence-corrected chi connectivity index (χ1v) is 6.77. The Morgan fingerprint density at radius 3 is 2.80 bits per heavy atom. The Balaban J connectivity index is 2.61. The van der Waals surface area contributed by atoms with Gasteiger partial charge >= 0.3 is 0 Å². The molecule has 1 aromatic carbocycles. The molecule has 2 aromatic rings. The van der Waals surface area contributed by atoms with Crippen LogP contribution in [-0.2, 0) is 0 Å². The van der Waals surface area contributed by atoms with Crippen LogP contribution in [0.2, 0.25) is 0 Å². The lowest BCUT2D eigenvalue weighted by molar-refractivity contribution is 0.289. The standard InChI is InChI=1S/C15H20N4O/c1-2-19(8-5-9-20)14-11-6-3-4-7-13(11)18-10-12(14)15(16)17/h3-4,6-7,10,20H,2,5,8-9H2,1H3,(H3,16,17). The van der Waals surface area contributed by atoms with Gasteiger partial charge in [0.25, 0.3) is 0 Å². The number of aliphatic hydroxyl groups excluding tert-OH is 1. The summed E-state index contributed by atoms with van der Waals surface area (Å²) >= 11 is 0. The lowest BCUT2D eigenvalue weighted by Crippen LogP contribution is -2.28. The summed E-state index contributed by atoms with van der Waals surface area (Å²) in [5.74, 6) is 0.0145. The van der Waals surface area contributed by atoms with Crippen molar-refractivity contribution in [2.75, 3.05) is 24.6 Å². The van der Waals surface area contributed by atoms with E-state index in [0.717, 1.165) is 29.7 Å². The number of nitrogen functional groups attached to an aromatic ring is 1. The maximum atomic E-state index is 9.04. The van der Waals surface area contributed by atoms with Crippen LogP contribution in [0.5, 0.6) is 0 Å². The van der Waals surface area contributed by atoms with Crippen molar-refractivity contribution < 1.29 is 5.11 Å². The van der Waals surface area contributed by atoms with Crippen LogP contribution in [0.4, 0.5) is 5.69 Å². The summed E-state index contributed by atoms with van der Waals surface area (Å²) in [7, 11) is 0. The van der Waals surface area contributed by atoms with Crippen molar-refractivity contribution in [3.05, 3.63) is 36.0 Å². The van der Waals surface area contributed by atoms with Gasteiger partial charge in [-0.15, -0.1) is 0 Å². The van der Waals surface area contributed by atoms with Crippen molar-refractivity contribution in [3.63, 3.8) is 0 Å². The van der Waals surface area contributed by atoms with Gasteiger partial charge in [-0.1, -0.05) is 18.2 Å². The molecule has 0 amide bonds. The molecule has 5 heteroatoms. The Morgan fingerprint density at radius 2 is 2.15 bits per heavy atom. The van der Waals surface area contributed by atoms with Crippen molar-refractivity contribution in [1.82, 2.24) is 4.98 Å². The molecule has 0 aliphatic rings. The van der Waals surface area contributed by atoms with E-state index in [0.29, 0.717) is 12.0 Å². The molecule has 0 radical (unpaired) electrons. The van der Waals surface area contributed by atoms with E-state index >= 15 is 0 Å². The molecular formula is C15H20N4O. The predicted molar refractivity (Wildman–Crippen MR) is 82.3 cm³/mol. The SMILES string of the molecule is CCN(CCCO)c1c(C(=N)N)cnc2ccccc12. The largest absolute Gasteiger partial charge is 0.396 e. The Kier molecular flexibility index (Phi) is 4.53. The van der Waals surface area contributed by atoms with E-state index in [1.807, 2.05) is 24.3 Å². The summed E-state index contributed by atoms with van der Waals surface area (Å²) in [5.41, 5.74) is 8.15. The average Bonchev–Trinajstić information content (AvgIpc) is 2.47. The molecule has 1 aromatic heterocycles. The number of rotatable bonds is 6. The maximum absolute atomic E-state index is 9.04. The molecule has 106 valence electrons. The van der Waals surface area contributed by atoms with Gasteiger partial charge in [-0.2, -0.15) is 0 Å². The van der Waals surface area contributed by atoms with E-state index in [2.05, 4.69) is 16.8 Å². The lowest BCUT2D eigenvalue weighted by atomic mass is 10.1. The van der Waals surface area contributed by atoms with E-state index in [4.69, 9.17) is 16.2 Å². The average molecular weight is 272 g/mol. The normalized spacial score (nSPS) is 10.7. The zero-order valence-electron chi connectivity index (χ0n) is 11.6. The number of fused-ring (bicyclic) bond motifs is 1. The van der Waals surface area contributed by atoms with Crippen LogP contribution >= 0.6 is 0 Å². The van der Waals surface area contributed by atoms with E-state index in [-0.39, 0.29) is 12.4 Å². The number of nitrogens with zero attached hydrogens (tertiary/aromatic N) is 2. The van der Waals surface area contributed by atoms with Crippen molar-refractivity contribution in [2.24, 2.45) is 5.73 Å². The van der Waals surface area contributed by atoms with Crippen LogP contribution in [-0.4, -0.2) is 35.6 Å². The molecule has 1 heterocycles. The summed E-state index contributed by atoms with van der Waals surface area (Å²) < 4.78 is 0. The summed E-state index contributed by atoms with van der Waals surface area (Å²) in [6.45, 7) is 3.71. The van der Waals surface area contributed by atoms with Crippen LogP contribution in [0.15, 0.2) is 30.5 Å². The summed E-state index contributed by atoms with van der Waals surface area (Å²) in [5, 5.41) is 17.8. The van der Waals surface area contributed by atoms with E-state index in [1.165, 1.54) is 0 Å². The molecule has 0 bridgehead atoms. The number of benzene rings is 1. The van der Waals surface area contributed by atoms with Crippen molar-refractivity contribution >= 4 is 22.4 Å². The third kappa shape index (κ3) is 2.72. The van der Waals surface area contributed by atoms with Gasteiger partial charge < -0.3 is 15.7 Å². The molecule has 0 aliphatic heterocycles. The first-order valence-electron chi connectivity index (χ1n) is 6.77. The topological polar surface area (TPSA) is 86.2 Å². The van der Waals surface area contributed by atoms with Crippen LogP contribution in [0, 0.1) is 5.41 Å². The van der Waals surface area contributed by atoms with Crippen molar-refractivity contribution in [2.45, 2.75) is 13.3 Å². The van der Waals surface area contributed by atoms with Gasteiger partial charge in [-0.25, -0.2) is 0 Å². The second-order valence-electron chi connectivity index (χ2n) is 4.61. The monoisotopic (exact) mass is 272 g/mol. The third-order valence-electron chi connectivity index (χ3n) is 3.32. The molecule has 0 atom stereocenters. The van der Waals surface area contributed by atoms with Gasteiger partial charge in [0.2, 0.25) is 0 Å². The molecule has 0 saturated carbocycles. The number of amidine groups is 1. The first-order chi connectivity index (χ1) is 9.69. The van der Waals surface area contributed by atoms with Gasteiger partial charge in [-0.05, 0) is 19.4 Å². The Bertz CT molecular complexity index is 612. The minimum atomic E-state index is 0.0145. The third-order valence-corrected chi connectivity index (χ3v) is 3.32. The number of anilines is 1. The number of nitrogens with two attached hydrogens (primary N) is 1. The van der Waals surface area contributed by atoms with Gasteiger partial charge in [0.05, 0.1) is 16.8 Å². The Hall–Kier alpha value is -2.14. The molecular weight excluding hydrogens is 252 g/mol. The number of aromatic nitrogens is 1. The number of hydrogen-bond acceptors (Lipinski definition) is 4. The van der Waals surface area contributed by atoms with Gasteiger partial charge in [0.15, 0.2) is 0 Å². The van der Waals surface area contributed by atoms with E-state index in [9.17, 15) is 0 Å². The molecule has 4 N–H and O–H groups in total. The van der Waals surface area contributed by atoms with Crippen molar-refractivity contribution in [3.8, 4) is 0 Å². The highest BCUT2D eigenvalue weighted by Gasteiger charge is 2.16. The van der Waals surface area contributed by atoms with Gasteiger partial charge in [0, 0.05) is 31.3 Å².